The van der Waals surface area contributed by atoms with E-state index in [4.69, 9.17) is 55.9 Å². The number of carbonyl (C=O) groups excluding carboxylic acids is 5. The molecule has 4 rings (SSSR count). The zero-order valence-electron chi connectivity index (χ0n) is 22.3. The lowest BCUT2D eigenvalue weighted by Crippen LogP contribution is -2.47. The van der Waals surface area contributed by atoms with Crippen molar-refractivity contribution in [3.8, 4) is 0 Å². The Hall–Kier alpha value is -2.37. The Kier molecular flexibility index (Phi) is 9.91. The molecule has 9 nitrogen and oxygen atoms in total. The lowest BCUT2D eigenvalue weighted by atomic mass is 9.95. The van der Waals surface area contributed by atoms with Crippen LogP contribution in [-0.2, 0) is 31.9 Å². The number of esters is 2. The number of fused-ring (bicyclic) bond motifs is 2. The summed E-state index contributed by atoms with van der Waals surface area (Å²) in [6, 6.07) is -1.39. The van der Waals surface area contributed by atoms with E-state index in [1.807, 2.05) is 0 Å². The Morgan fingerprint density at radius 1 is 0.927 bits per heavy atom. The number of hydrogen-bond donors (Lipinski definition) is 1. The maximum absolute atomic E-state index is 13.3. The molecule has 2 aliphatic rings. The number of nitrogens with zero attached hydrogens (tertiary/aromatic N) is 1. The monoisotopic (exact) mass is 662 g/mol. The highest BCUT2D eigenvalue weighted by atomic mass is 35.5. The molecule has 0 saturated carbocycles. The van der Waals surface area contributed by atoms with E-state index < -0.39 is 42.3 Å². The molecular weight excluding hydrogens is 638 g/mol. The van der Waals surface area contributed by atoms with Crippen LogP contribution in [0.3, 0.4) is 0 Å². The van der Waals surface area contributed by atoms with Crippen LogP contribution in [0.2, 0.25) is 20.1 Å². The number of amides is 3. The molecule has 0 fully saturated rings. The minimum absolute atomic E-state index is 0.0350. The molecule has 0 spiro atoms. The second-order valence-electron chi connectivity index (χ2n) is 9.92. The third kappa shape index (κ3) is 6.08. The van der Waals surface area contributed by atoms with E-state index in [1.165, 1.54) is 11.3 Å². The SMILES string of the molecule is CCOC(=O)c1c(NC(=O)COC(=O)C(CC(C)C)N2C(=O)c3c(Cl)c(Cl)c(Cl)c(Cl)c3C2=O)sc2c1CCCC2. The van der Waals surface area contributed by atoms with Crippen molar-refractivity contribution in [2.45, 2.75) is 58.9 Å². The Balaban J connectivity index is 1.53. The number of ether oxygens (including phenoxy) is 2. The summed E-state index contributed by atoms with van der Waals surface area (Å²) in [5.41, 5.74) is 0.667. The van der Waals surface area contributed by atoms with Gasteiger partial charge in [0.25, 0.3) is 17.7 Å². The highest BCUT2D eigenvalue weighted by Gasteiger charge is 2.47. The van der Waals surface area contributed by atoms with Gasteiger partial charge in [-0.3, -0.25) is 19.3 Å². The van der Waals surface area contributed by atoms with Crippen LogP contribution in [0.5, 0.6) is 0 Å². The van der Waals surface area contributed by atoms with Gasteiger partial charge < -0.3 is 14.8 Å². The zero-order valence-corrected chi connectivity index (χ0v) is 26.2. The quantitative estimate of drug-likeness (QED) is 0.139. The van der Waals surface area contributed by atoms with Gasteiger partial charge in [-0.05, 0) is 50.5 Å². The molecule has 0 saturated heterocycles. The lowest BCUT2D eigenvalue weighted by Gasteiger charge is -2.25. The summed E-state index contributed by atoms with van der Waals surface area (Å²) < 4.78 is 10.5. The average molecular weight is 664 g/mol. The van der Waals surface area contributed by atoms with Crippen LogP contribution in [0.15, 0.2) is 0 Å². The lowest BCUT2D eigenvalue weighted by molar-refractivity contribution is -0.151. The smallest absolute Gasteiger partial charge is 0.341 e. The molecular formula is C27H26Cl4N2O7S. The van der Waals surface area contributed by atoms with E-state index in [0.29, 0.717) is 21.9 Å². The zero-order chi connectivity index (χ0) is 30.2. The van der Waals surface area contributed by atoms with Crippen LogP contribution in [-0.4, -0.2) is 53.8 Å². The number of benzene rings is 1. The second kappa shape index (κ2) is 12.9. The molecule has 2 heterocycles. The third-order valence-electron chi connectivity index (χ3n) is 6.66. The summed E-state index contributed by atoms with van der Waals surface area (Å²) in [4.78, 5) is 67.2. The van der Waals surface area contributed by atoms with Crippen molar-refractivity contribution in [2.75, 3.05) is 18.5 Å². The van der Waals surface area contributed by atoms with E-state index in [2.05, 4.69) is 5.32 Å². The summed E-state index contributed by atoms with van der Waals surface area (Å²) in [6.07, 6.45) is 3.42. The fourth-order valence-electron chi connectivity index (χ4n) is 4.87. The summed E-state index contributed by atoms with van der Waals surface area (Å²) in [5, 5.41) is 2.07. The second-order valence-corrected chi connectivity index (χ2v) is 12.5. The normalized spacial score (nSPS) is 15.1. The van der Waals surface area contributed by atoms with Crippen molar-refractivity contribution in [1.82, 2.24) is 4.90 Å². The fourth-order valence-corrected chi connectivity index (χ4v) is 7.18. The first-order valence-electron chi connectivity index (χ1n) is 12.9. The minimum Gasteiger partial charge on any atom is -0.462 e. The van der Waals surface area contributed by atoms with Gasteiger partial charge in [0.1, 0.15) is 11.0 Å². The summed E-state index contributed by atoms with van der Waals surface area (Å²) in [5.74, 6) is -4.13. The fraction of sp³-hybridized carbons (Fsp3) is 0.444. The number of aryl methyl sites for hydroxylation is 1. The van der Waals surface area contributed by atoms with Crippen LogP contribution < -0.4 is 5.32 Å². The Morgan fingerprint density at radius 3 is 2.07 bits per heavy atom. The van der Waals surface area contributed by atoms with Gasteiger partial charge in [0, 0.05) is 4.88 Å². The summed E-state index contributed by atoms with van der Waals surface area (Å²) in [7, 11) is 0. The highest BCUT2D eigenvalue weighted by molar-refractivity contribution is 7.17. The minimum atomic E-state index is -1.39. The van der Waals surface area contributed by atoms with Crippen LogP contribution in [0, 0.1) is 5.92 Å². The molecule has 0 bridgehead atoms. The van der Waals surface area contributed by atoms with Gasteiger partial charge in [0.15, 0.2) is 6.61 Å². The van der Waals surface area contributed by atoms with Crippen molar-refractivity contribution in [3.05, 3.63) is 47.2 Å². The molecule has 1 N–H and O–H groups in total. The molecule has 220 valence electrons. The molecule has 1 aliphatic carbocycles. The predicted molar refractivity (Wildman–Crippen MR) is 157 cm³/mol. The number of imide groups is 1. The molecule has 2 aromatic rings. The number of anilines is 1. The molecule has 1 aliphatic heterocycles. The molecule has 41 heavy (non-hydrogen) atoms. The van der Waals surface area contributed by atoms with Crippen molar-refractivity contribution in [2.24, 2.45) is 5.92 Å². The number of thiophene rings is 1. The predicted octanol–water partition coefficient (Wildman–Crippen LogP) is 6.61. The first kappa shape index (κ1) is 31.6. The van der Waals surface area contributed by atoms with Gasteiger partial charge in [0.05, 0.1) is 43.4 Å². The van der Waals surface area contributed by atoms with Gasteiger partial charge >= 0.3 is 11.9 Å². The number of hydrogen-bond acceptors (Lipinski definition) is 8. The van der Waals surface area contributed by atoms with Gasteiger partial charge in [0.2, 0.25) is 0 Å². The largest absolute Gasteiger partial charge is 0.462 e. The van der Waals surface area contributed by atoms with Gasteiger partial charge in [-0.1, -0.05) is 60.3 Å². The number of rotatable bonds is 9. The highest BCUT2D eigenvalue weighted by Crippen LogP contribution is 2.45. The van der Waals surface area contributed by atoms with E-state index >= 15 is 0 Å². The Morgan fingerprint density at radius 2 is 1.51 bits per heavy atom. The molecule has 1 aromatic carbocycles. The van der Waals surface area contributed by atoms with E-state index in [0.717, 1.165) is 29.7 Å². The molecule has 14 heteroatoms. The van der Waals surface area contributed by atoms with Crippen LogP contribution >= 0.6 is 57.7 Å². The maximum atomic E-state index is 13.3. The van der Waals surface area contributed by atoms with Gasteiger partial charge in [-0.25, -0.2) is 9.59 Å². The van der Waals surface area contributed by atoms with E-state index in [1.54, 1.807) is 20.8 Å². The van der Waals surface area contributed by atoms with Crippen molar-refractivity contribution < 1.29 is 33.4 Å². The maximum Gasteiger partial charge on any atom is 0.341 e. The van der Waals surface area contributed by atoms with Crippen LogP contribution in [0.25, 0.3) is 0 Å². The summed E-state index contributed by atoms with van der Waals surface area (Å²) in [6.45, 7) is 4.73. The number of halogens is 4. The van der Waals surface area contributed by atoms with Crippen LogP contribution in [0.4, 0.5) is 5.00 Å². The van der Waals surface area contributed by atoms with Crippen LogP contribution in [0.1, 0.15) is 81.5 Å². The first-order valence-corrected chi connectivity index (χ1v) is 15.2. The standard InChI is InChI=1S/C27H26Cl4N2O7S/c1-4-39-27(38)16-12-7-5-6-8-14(12)41-23(16)32-15(34)10-40-26(37)13(9-11(2)3)33-24(35)17-18(25(33)36)20(29)22(31)21(30)19(17)28/h11,13H,4-10H2,1-3H3,(H,32,34). The number of carbonyl (C=O) groups is 5. The van der Waals surface area contributed by atoms with Gasteiger partial charge in [-0.15, -0.1) is 11.3 Å². The Bertz CT molecular complexity index is 1410. The van der Waals surface area contributed by atoms with E-state index in [-0.39, 0.29) is 50.2 Å². The number of nitrogens with one attached hydrogen (secondary N) is 1. The van der Waals surface area contributed by atoms with Crippen molar-refractivity contribution >= 4 is 92.4 Å². The molecule has 3 amide bonds. The topological polar surface area (TPSA) is 119 Å². The molecule has 1 atom stereocenters. The third-order valence-corrected chi connectivity index (χ3v) is 9.67. The van der Waals surface area contributed by atoms with E-state index in [9.17, 15) is 24.0 Å². The molecule has 1 aromatic heterocycles. The summed E-state index contributed by atoms with van der Waals surface area (Å²) >= 11 is 25.9. The van der Waals surface area contributed by atoms with Gasteiger partial charge in [-0.2, -0.15) is 0 Å². The Labute approximate surface area is 260 Å². The average Bonchev–Trinajstić information content (AvgIpc) is 3.41. The first-order chi connectivity index (χ1) is 19.4. The molecule has 1 unspecified atom stereocenters. The van der Waals surface area contributed by atoms with Crippen molar-refractivity contribution in [3.63, 3.8) is 0 Å². The van der Waals surface area contributed by atoms with Crippen molar-refractivity contribution in [1.29, 1.82) is 0 Å². The molecule has 0 radical (unpaired) electrons.